The number of ether oxygens (including phenoxy) is 1. The van der Waals surface area contributed by atoms with Crippen LogP contribution in [0.1, 0.15) is 21.5 Å². The predicted octanol–water partition coefficient (Wildman–Crippen LogP) is 6.02. The number of benzene rings is 3. The van der Waals surface area contributed by atoms with Gasteiger partial charge in [0, 0.05) is 10.6 Å². The second-order valence-electron chi connectivity index (χ2n) is 6.82. The van der Waals surface area contributed by atoms with Crippen LogP contribution in [0.2, 0.25) is 5.02 Å². The third-order valence-corrected chi connectivity index (χ3v) is 6.35. The van der Waals surface area contributed by atoms with Crippen LogP contribution in [0, 0.1) is 0 Å². The van der Waals surface area contributed by atoms with Crippen LogP contribution in [-0.4, -0.2) is 21.3 Å². The fourth-order valence-electron chi connectivity index (χ4n) is 3.06. The summed E-state index contributed by atoms with van der Waals surface area (Å²) in [5.74, 6) is -0.675. The van der Waals surface area contributed by atoms with Crippen molar-refractivity contribution in [1.29, 1.82) is 0 Å². The minimum absolute atomic E-state index is 0.0907. The van der Waals surface area contributed by atoms with Gasteiger partial charge in [0.1, 0.15) is 12.4 Å². The maximum atomic E-state index is 12.9. The number of carbonyl (C=O) groups is 2. The molecule has 1 aliphatic heterocycles. The topological polar surface area (TPSA) is 66.8 Å². The summed E-state index contributed by atoms with van der Waals surface area (Å²) >= 11 is 12.7. The number of aromatic carboxylic acids is 1. The number of carbonyl (C=O) groups excluding carboxylic acids is 1. The summed E-state index contributed by atoms with van der Waals surface area (Å²) in [5, 5.41) is 9.85. The molecule has 3 aromatic rings. The molecule has 3 aromatic carbocycles. The van der Waals surface area contributed by atoms with E-state index in [4.69, 9.17) is 28.6 Å². The highest BCUT2D eigenvalue weighted by molar-refractivity contribution is 8.27. The molecule has 32 heavy (non-hydrogen) atoms. The minimum atomic E-state index is -1.07. The molecule has 0 aromatic heterocycles. The van der Waals surface area contributed by atoms with E-state index in [1.165, 1.54) is 28.8 Å². The first-order valence-electron chi connectivity index (χ1n) is 9.50. The zero-order chi connectivity index (χ0) is 22.7. The van der Waals surface area contributed by atoms with Crippen LogP contribution in [0.25, 0.3) is 6.08 Å². The van der Waals surface area contributed by atoms with Crippen molar-refractivity contribution in [2.75, 3.05) is 4.90 Å². The molecule has 1 heterocycles. The van der Waals surface area contributed by atoms with Crippen LogP contribution in [-0.2, 0) is 11.4 Å². The van der Waals surface area contributed by atoms with Gasteiger partial charge in [-0.25, -0.2) is 4.79 Å². The molecule has 160 valence electrons. The molecule has 1 amide bonds. The Labute approximate surface area is 199 Å². The van der Waals surface area contributed by atoms with E-state index in [9.17, 15) is 14.7 Å². The number of amides is 1. The highest BCUT2D eigenvalue weighted by Crippen LogP contribution is 2.36. The maximum absolute atomic E-state index is 12.9. The summed E-state index contributed by atoms with van der Waals surface area (Å²) in [7, 11) is 0. The number of nitrogens with zero attached hydrogens (tertiary/aromatic N) is 1. The minimum Gasteiger partial charge on any atom is -0.489 e. The molecular weight excluding hydrogens is 466 g/mol. The number of hydrogen-bond acceptors (Lipinski definition) is 5. The Bertz CT molecular complexity index is 1240. The van der Waals surface area contributed by atoms with E-state index < -0.39 is 5.97 Å². The van der Waals surface area contributed by atoms with Gasteiger partial charge in [-0.05, 0) is 48.0 Å². The quantitative estimate of drug-likeness (QED) is 0.343. The molecule has 0 atom stereocenters. The molecular formula is C24H16ClNO4S2. The Balaban J connectivity index is 1.47. The number of thioether (sulfide) groups is 1. The van der Waals surface area contributed by atoms with E-state index >= 15 is 0 Å². The van der Waals surface area contributed by atoms with Crippen molar-refractivity contribution in [3.63, 3.8) is 0 Å². The first-order chi connectivity index (χ1) is 15.4. The first kappa shape index (κ1) is 22.1. The number of thiocarbonyl (C=S) groups is 1. The van der Waals surface area contributed by atoms with Gasteiger partial charge in [0.2, 0.25) is 0 Å². The van der Waals surface area contributed by atoms with Gasteiger partial charge in [-0.15, -0.1) is 0 Å². The molecule has 1 fully saturated rings. The van der Waals surface area contributed by atoms with Gasteiger partial charge in [-0.1, -0.05) is 72.0 Å². The summed E-state index contributed by atoms with van der Waals surface area (Å²) in [5.41, 5.74) is 2.23. The van der Waals surface area contributed by atoms with Crippen LogP contribution in [0.15, 0.2) is 77.7 Å². The second-order valence-corrected chi connectivity index (χ2v) is 8.90. The largest absolute Gasteiger partial charge is 0.489 e. The number of rotatable bonds is 6. The van der Waals surface area contributed by atoms with Crippen molar-refractivity contribution in [2.24, 2.45) is 0 Å². The van der Waals surface area contributed by atoms with Gasteiger partial charge in [-0.3, -0.25) is 9.69 Å². The maximum Gasteiger partial charge on any atom is 0.335 e. The normalized spacial score (nSPS) is 14.8. The molecule has 1 aliphatic rings. The summed E-state index contributed by atoms with van der Waals surface area (Å²) < 4.78 is 6.14. The summed E-state index contributed by atoms with van der Waals surface area (Å²) in [4.78, 5) is 26.0. The van der Waals surface area contributed by atoms with E-state index in [2.05, 4.69) is 0 Å². The Kier molecular flexibility index (Phi) is 6.60. The van der Waals surface area contributed by atoms with E-state index in [-0.39, 0.29) is 11.5 Å². The lowest BCUT2D eigenvalue weighted by molar-refractivity contribution is -0.113. The lowest BCUT2D eigenvalue weighted by Gasteiger charge is -2.14. The van der Waals surface area contributed by atoms with Gasteiger partial charge < -0.3 is 9.84 Å². The predicted molar refractivity (Wildman–Crippen MR) is 131 cm³/mol. The van der Waals surface area contributed by atoms with Gasteiger partial charge >= 0.3 is 5.97 Å². The Hall–Kier alpha value is -3.13. The highest BCUT2D eigenvalue weighted by Gasteiger charge is 2.33. The Morgan fingerprint density at radius 3 is 2.56 bits per heavy atom. The molecule has 0 spiro atoms. The van der Waals surface area contributed by atoms with Crippen molar-refractivity contribution in [2.45, 2.75) is 6.61 Å². The number of halogens is 1. The standard InChI is InChI=1S/C24H16ClNO4S2/c25-20-7-2-1-4-17(20)14-30-19-10-8-15(9-11-19)12-21-22(27)26(24(31)32-21)18-6-3-5-16(13-18)23(28)29/h1-13H,14H2,(H,28,29)/b21-12-. The van der Waals surface area contributed by atoms with Gasteiger partial charge in [-0.2, -0.15) is 0 Å². The lowest BCUT2D eigenvalue weighted by Crippen LogP contribution is -2.27. The number of carboxylic acid groups (broad SMARTS) is 1. The van der Waals surface area contributed by atoms with Crippen LogP contribution < -0.4 is 9.64 Å². The second kappa shape index (κ2) is 9.56. The average Bonchev–Trinajstić information content (AvgIpc) is 3.07. The summed E-state index contributed by atoms with van der Waals surface area (Å²) in [6, 6.07) is 21.0. The average molecular weight is 482 g/mol. The van der Waals surface area contributed by atoms with Crippen LogP contribution >= 0.6 is 35.6 Å². The van der Waals surface area contributed by atoms with E-state index in [1.54, 1.807) is 18.2 Å². The van der Waals surface area contributed by atoms with Crippen LogP contribution in [0.3, 0.4) is 0 Å². The van der Waals surface area contributed by atoms with Crippen molar-refractivity contribution < 1.29 is 19.4 Å². The summed E-state index contributed by atoms with van der Waals surface area (Å²) in [6.45, 7) is 0.354. The SMILES string of the molecule is O=C(O)c1cccc(N2C(=O)/C(=C/c3ccc(OCc4ccccc4Cl)cc3)SC2=S)c1. The van der Waals surface area contributed by atoms with Crippen molar-refractivity contribution >= 4 is 63.5 Å². The molecule has 1 N–H and O–H groups in total. The van der Waals surface area contributed by atoms with E-state index in [1.807, 2.05) is 48.5 Å². The number of anilines is 1. The number of hydrogen-bond donors (Lipinski definition) is 1. The zero-order valence-electron chi connectivity index (χ0n) is 16.5. The van der Waals surface area contributed by atoms with Crippen molar-refractivity contribution in [1.82, 2.24) is 0 Å². The third kappa shape index (κ3) is 4.85. The van der Waals surface area contributed by atoms with Gasteiger partial charge in [0.05, 0.1) is 16.2 Å². The first-order valence-corrected chi connectivity index (χ1v) is 11.1. The van der Waals surface area contributed by atoms with Gasteiger partial charge in [0.15, 0.2) is 4.32 Å². The molecule has 5 nitrogen and oxygen atoms in total. The third-order valence-electron chi connectivity index (χ3n) is 4.68. The Morgan fingerprint density at radius 2 is 1.84 bits per heavy atom. The molecule has 0 radical (unpaired) electrons. The lowest BCUT2D eigenvalue weighted by atomic mass is 10.1. The number of carboxylic acids is 1. The molecule has 0 saturated carbocycles. The van der Waals surface area contributed by atoms with E-state index in [0.29, 0.717) is 32.3 Å². The molecule has 0 aliphatic carbocycles. The van der Waals surface area contributed by atoms with Crippen molar-refractivity contribution in [3.05, 3.63) is 99.4 Å². The Morgan fingerprint density at radius 1 is 1.09 bits per heavy atom. The molecule has 8 heteroatoms. The molecule has 4 rings (SSSR count). The summed E-state index contributed by atoms with van der Waals surface area (Å²) in [6.07, 6.45) is 1.75. The van der Waals surface area contributed by atoms with Crippen LogP contribution in [0.4, 0.5) is 5.69 Å². The fourth-order valence-corrected chi connectivity index (χ4v) is 4.55. The molecule has 0 unspecified atom stereocenters. The molecule has 0 bridgehead atoms. The van der Waals surface area contributed by atoms with Crippen LogP contribution in [0.5, 0.6) is 5.75 Å². The fraction of sp³-hybridized carbons (Fsp3) is 0.0417. The smallest absolute Gasteiger partial charge is 0.335 e. The molecule has 1 saturated heterocycles. The van der Waals surface area contributed by atoms with Gasteiger partial charge in [0.25, 0.3) is 5.91 Å². The van der Waals surface area contributed by atoms with Crippen molar-refractivity contribution in [3.8, 4) is 5.75 Å². The van der Waals surface area contributed by atoms with E-state index in [0.717, 1.165) is 11.1 Å². The monoisotopic (exact) mass is 481 g/mol. The highest BCUT2D eigenvalue weighted by atomic mass is 35.5. The zero-order valence-corrected chi connectivity index (χ0v) is 18.9.